The lowest BCUT2D eigenvalue weighted by molar-refractivity contribution is 0.0946. The Kier molecular flexibility index (Phi) is 2.94. The maximum atomic E-state index is 11.9. The molecule has 3 heteroatoms. The van der Waals surface area contributed by atoms with Gasteiger partial charge in [0, 0.05) is 23.8 Å². The predicted molar refractivity (Wildman–Crippen MR) is 80.0 cm³/mol. The van der Waals surface area contributed by atoms with E-state index in [0.29, 0.717) is 6.04 Å². The summed E-state index contributed by atoms with van der Waals surface area (Å²) >= 11 is 0. The molecular weight excluding hydrogens is 248 g/mol. The van der Waals surface area contributed by atoms with Crippen molar-refractivity contribution in [3.8, 4) is 0 Å². The minimum atomic E-state index is 0.0847. The van der Waals surface area contributed by atoms with Crippen molar-refractivity contribution in [2.24, 2.45) is 11.8 Å². The first-order valence-electron chi connectivity index (χ1n) is 7.99. The average Bonchev–Trinajstić information content (AvgIpc) is 3.21. The van der Waals surface area contributed by atoms with Gasteiger partial charge in [0.05, 0.1) is 0 Å². The number of carbonyl (C=O) groups excluding carboxylic acids is 1. The summed E-state index contributed by atoms with van der Waals surface area (Å²) in [5.74, 6) is 1.80. The Balaban J connectivity index is 1.55. The van der Waals surface area contributed by atoms with Gasteiger partial charge in [0.1, 0.15) is 0 Å². The lowest BCUT2D eigenvalue weighted by Crippen LogP contribution is -2.36. The summed E-state index contributed by atoms with van der Waals surface area (Å²) in [6, 6.07) is 6.97. The number of hydrogen-bond donors (Lipinski definition) is 2. The smallest absolute Gasteiger partial charge is 0.251 e. The number of rotatable bonds is 4. The van der Waals surface area contributed by atoms with Crippen molar-refractivity contribution >= 4 is 11.6 Å². The predicted octanol–water partition coefficient (Wildman–Crippen LogP) is 2.96. The van der Waals surface area contributed by atoms with E-state index in [2.05, 4.69) is 28.8 Å². The lowest BCUT2D eigenvalue weighted by Gasteiger charge is -2.35. The zero-order valence-corrected chi connectivity index (χ0v) is 11.8. The Bertz CT molecular complexity index is 532. The number of amides is 1. The normalized spacial score (nSPS) is 23.5. The zero-order valence-electron chi connectivity index (χ0n) is 11.8. The van der Waals surface area contributed by atoms with Crippen LogP contribution in [0, 0.1) is 11.8 Å². The Morgan fingerprint density at radius 1 is 1.15 bits per heavy atom. The van der Waals surface area contributed by atoms with Gasteiger partial charge in [-0.15, -0.1) is 0 Å². The third-order valence-corrected chi connectivity index (χ3v) is 5.16. The molecule has 0 radical (unpaired) electrons. The van der Waals surface area contributed by atoms with Crippen LogP contribution < -0.4 is 10.6 Å². The Morgan fingerprint density at radius 2 is 1.95 bits per heavy atom. The zero-order chi connectivity index (χ0) is 13.5. The van der Waals surface area contributed by atoms with Crippen molar-refractivity contribution in [2.45, 2.75) is 44.6 Å². The van der Waals surface area contributed by atoms with Gasteiger partial charge in [-0.25, -0.2) is 0 Å². The van der Waals surface area contributed by atoms with Crippen LogP contribution in [0.5, 0.6) is 0 Å². The highest BCUT2D eigenvalue weighted by Crippen LogP contribution is 2.43. The molecule has 0 bridgehead atoms. The quantitative estimate of drug-likeness (QED) is 0.883. The molecule has 3 nitrogen and oxygen atoms in total. The Labute approximate surface area is 120 Å². The van der Waals surface area contributed by atoms with Crippen LogP contribution in [0.15, 0.2) is 18.2 Å². The van der Waals surface area contributed by atoms with Gasteiger partial charge in [0.25, 0.3) is 5.91 Å². The number of benzene rings is 1. The fourth-order valence-electron chi connectivity index (χ4n) is 3.57. The second kappa shape index (κ2) is 4.80. The molecule has 2 N–H and O–H groups in total. The van der Waals surface area contributed by atoms with Gasteiger partial charge in [-0.3, -0.25) is 4.79 Å². The van der Waals surface area contributed by atoms with Gasteiger partial charge in [-0.2, -0.15) is 0 Å². The van der Waals surface area contributed by atoms with Crippen LogP contribution in [0.1, 0.15) is 48.0 Å². The third-order valence-electron chi connectivity index (χ3n) is 5.16. The van der Waals surface area contributed by atoms with E-state index in [4.69, 9.17) is 0 Å². The van der Waals surface area contributed by atoms with Crippen LogP contribution in [0.2, 0.25) is 0 Å². The minimum absolute atomic E-state index is 0.0847. The largest absolute Gasteiger partial charge is 0.382 e. The first-order chi connectivity index (χ1) is 9.81. The van der Waals surface area contributed by atoms with Crippen molar-refractivity contribution in [2.75, 3.05) is 11.9 Å². The molecule has 2 fully saturated rings. The molecule has 1 unspecified atom stereocenters. The number of hydrogen-bond acceptors (Lipinski definition) is 2. The summed E-state index contributed by atoms with van der Waals surface area (Å²) in [7, 11) is 0. The van der Waals surface area contributed by atoms with Gasteiger partial charge < -0.3 is 10.6 Å². The van der Waals surface area contributed by atoms with E-state index in [1.54, 1.807) is 0 Å². The molecule has 1 atom stereocenters. The van der Waals surface area contributed by atoms with Crippen molar-refractivity contribution in [3.05, 3.63) is 29.3 Å². The third kappa shape index (κ3) is 2.19. The summed E-state index contributed by atoms with van der Waals surface area (Å²) in [4.78, 5) is 11.9. The monoisotopic (exact) mass is 270 g/mol. The van der Waals surface area contributed by atoms with Gasteiger partial charge in [-0.05, 0) is 61.6 Å². The molecule has 4 rings (SSSR count). The molecule has 20 heavy (non-hydrogen) atoms. The number of fused-ring (bicyclic) bond motifs is 1. The highest BCUT2D eigenvalue weighted by Gasteiger charge is 2.38. The first-order valence-corrected chi connectivity index (χ1v) is 7.99. The molecule has 0 spiro atoms. The minimum Gasteiger partial charge on any atom is -0.382 e. The maximum Gasteiger partial charge on any atom is 0.251 e. The first kappa shape index (κ1) is 12.2. The standard InChI is InChI=1S/C17H22N2O/c20-17-15-10-14(7-6-11(15)8-9-18-17)19-16(13-4-5-13)12-2-1-3-12/h6-7,10,12-13,16,19H,1-5,8-9H2,(H,18,20). The van der Waals surface area contributed by atoms with Gasteiger partial charge in [-0.1, -0.05) is 12.5 Å². The van der Waals surface area contributed by atoms with Gasteiger partial charge in [0.15, 0.2) is 0 Å². The highest BCUT2D eigenvalue weighted by atomic mass is 16.1. The summed E-state index contributed by atoms with van der Waals surface area (Å²) < 4.78 is 0. The van der Waals surface area contributed by atoms with Crippen LogP contribution in [-0.4, -0.2) is 18.5 Å². The Morgan fingerprint density at radius 3 is 2.65 bits per heavy atom. The molecule has 1 heterocycles. The molecule has 2 aliphatic carbocycles. The lowest BCUT2D eigenvalue weighted by atomic mass is 9.78. The highest BCUT2D eigenvalue weighted by molar-refractivity contribution is 5.97. The van der Waals surface area contributed by atoms with Crippen molar-refractivity contribution in [1.82, 2.24) is 5.32 Å². The van der Waals surface area contributed by atoms with E-state index in [0.717, 1.165) is 36.1 Å². The van der Waals surface area contributed by atoms with E-state index < -0.39 is 0 Å². The molecule has 1 aromatic carbocycles. The fraction of sp³-hybridized carbons (Fsp3) is 0.588. The summed E-state index contributed by atoms with van der Waals surface area (Å²) in [6.45, 7) is 0.769. The van der Waals surface area contributed by atoms with E-state index in [-0.39, 0.29) is 5.91 Å². The molecule has 1 aromatic rings. The molecule has 2 saturated carbocycles. The van der Waals surface area contributed by atoms with Crippen molar-refractivity contribution in [1.29, 1.82) is 0 Å². The van der Waals surface area contributed by atoms with Gasteiger partial charge >= 0.3 is 0 Å². The van der Waals surface area contributed by atoms with Gasteiger partial charge in [0.2, 0.25) is 0 Å². The second-order valence-electron chi connectivity index (χ2n) is 6.58. The second-order valence-corrected chi connectivity index (χ2v) is 6.58. The van der Waals surface area contributed by atoms with Crippen molar-refractivity contribution in [3.63, 3.8) is 0 Å². The van der Waals surface area contributed by atoms with E-state index in [9.17, 15) is 4.79 Å². The summed E-state index contributed by atoms with van der Waals surface area (Å²) in [6.07, 6.45) is 7.84. The van der Waals surface area contributed by atoms with Crippen molar-refractivity contribution < 1.29 is 4.79 Å². The molecule has 106 valence electrons. The molecule has 1 aliphatic heterocycles. The molecule has 3 aliphatic rings. The maximum absolute atomic E-state index is 11.9. The number of anilines is 1. The average molecular weight is 270 g/mol. The van der Waals surface area contributed by atoms with E-state index in [1.165, 1.54) is 37.7 Å². The van der Waals surface area contributed by atoms with E-state index >= 15 is 0 Å². The molecule has 0 saturated heterocycles. The molecule has 0 aromatic heterocycles. The Hall–Kier alpha value is -1.51. The van der Waals surface area contributed by atoms with E-state index in [1.807, 2.05) is 0 Å². The summed E-state index contributed by atoms with van der Waals surface area (Å²) in [5.41, 5.74) is 3.18. The number of carbonyl (C=O) groups is 1. The summed E-state index contributed by atoms with van der Waals surface area (Å²) in [5, 5.41) is 6.67. The number of nitrogens with one attached hydrogen (secondary N) is 2. The molecular formula is C17H22N2O. The van der Waals surface area contributed by atoms with Crippen LogP contribution in [0.25, 0.3) is 0 Å². The van der Waals surface area contributed by atoms with Crippen LogP contribution in [0.3, 0.4) is 0 Å². The topological polar surface area (TPSA) is 41.1 Å². The fourth-order valence-corrected chi connectivity index (χ4v) is 3.57. The van der Waals surface area contributed by atoms with Crippen LogP contribution >= 0.6 is 0 Å². The SMILES string of the molecule is O=C1NCCc2ccc(NC(C3CCC3)C3CC3)cc21. The van der Waals surface area contributed by atoms with Crippen LogP contribution in [0.4, 0.5) is 5.69 Å². The van der Waals surface area contributed by atoms with Crippen LogP contribution in [-0.2, 0) is 6.42 Å². The molecule has 1 amide bonds.